The molecule has 4 amide bonds. The van der Waals surface area contributed by atoms with Crippen molar-refractivity contribution < 1.29 is 47.6 Å². The second-order valence-corrected chi connectivity index (χ2v) is 12.7. The maximum atomic E-state index is 13.6. The Morgan fingerprint density at radius 1 is 0.549 bits per heavy atom. The van der Waals surface area contributed by atoms with Crippen LogP contribution in [0.1, 0.15) is 57.8 Å². The van der Waals surface area contributed by atoms with Gasteiger partial charge in [-0.05, 0) is 44.4 Å². The lowest BCUT2D eigenvalue weighted by Crippen LogP contribution is -2.64. The van der Waals surface area contributed by atoms with Gasteiger partial charge >= 0.3 is 0 Å². The first-order valence-corrected chi connectivity index (χ1v) is 17.7. The Bertz CT molecular complexity index is 1060. The van der Waals surface area contributed by atoms with Gasteiger partial charge in [-0.15, -0.1) is 19.3 Å². The molecule has 0 heterocycles. The van der Waals surface area contributed by atoms with Gasteiger partial charge in [0.25, 0.3) is 0 Å². The van der Waals surface area contributed by atoms with Crippen LogP contribution in [0.4, 0.5) is 0 Å². The van der Waals surface area contributed by atoms with Crippen molar-refractivity contribution in [3.05, 3.63) is 0 Å². The highest BCUT2D eigenvalue weighted by Gasteiger charge is 2.62. The van der Waals surface area contributed by atoms with Gasteiger partial charge in [0.05, 0.1) is 59.5 Å². The van der Waals surface area contributed by atoms with Gasteiger partial charge in [-0.1, -0.05) is 17.8 Å². The van der Waals surface area contributed by atoms with Gasteiger partial charge in [0.1, 0.15) is 19.8 Å². The minimum absolute atomic E-state index is 0.0763. The Labute approximate surface area is 302 Å². The van der Waals surface area contributed by atoms with Crippen LogP contribution in [0.2, 0.25) is 0 Å². The van der Waals surface area contributed by atoms with Crippen LogP contribution in [0.3, 0.4) is 0 Å². The van der Waals surface area contributed by atoms with E-state index < -0.39 is 11.0 Å². The van der Waals surface area contributed by atoms with E-state index >= 15 is 0 Å². The summed E-state index contributed by atoms with van der Waals surface area (Å²) >= 11 is 0. The topological polar surface area (TPSA) is 172 Å². The average molecular weight is 717 g/mol. The lowest BCUT2D eigenvalue weighted by atomic mass is 9.44. The second-order valence-electron chi connectivity index (χ2n) is 12.7. The number of hydrogen-bond donors (Lipinski definition) is 4. The quantitative estimate of drug-likeness (QED) is 0.0562. The smallest absolute Gasteiger partial charge is 0.226 e. The van der Waals surface area contributed by atoms with Gasteiger partial charge in [-0.25, -0.2) is 0 Å². The maximum Gasteiger partial charge on any atom is 0.226 e. The van der Waals surface area contributed by atoms with Crippen LogP contribution in [0, 0.1) is 48.4 Å². The maximum absolute atomic E-state index is 13.6. The number of rotatable bonds is 32. The first kappa shape index (κ1) is 43.5. The SMILES string of the molecule is C#CCOCCOCCNC(=O)CCC(CCC(=O)NCCOCCOCC#C)(CCC(=O)NCCOCCOCC#C)NC(=O)C12CC(C1)C2. The van der Waals surface area contributed by atoms with Crippen molar-refractivity contribution in [1.82, 2.24) is 21.3 Å². The molecule has 3 fully saturated rings. The molecule has 3 rings (SSSR count). The Kier molecular flexibility index (Phi) is 22.3. The third-order valence-electron chi connectivity index (χ3n) is 8.77. The molecule has 0 radical (unpaired) electrons. The summed E-state index contributed by atoms with van der Waals surface area (Å²) in [5.74, 6) is 6.95. The Hall–Kier alpha value is -3.68. The summed E-state index contributed by atoms with van der Waals surface area (Å²) in [6.07, 6.45) is 18.9. The minimum Gasteiger partial charge on any atom is -0.377 e. The molecule has 51 heavy (non-hydrogen) atoms. The fourth-order valence-corrected chi connectivity index (χ4v) is 5.86. The highest BCUT2D eigenvalue weighted by atomic mass is 16.5. The summed E-state index contributed by atoms with van der Waals surface area (Å²) in [5.41, 5.74) is -1.37. The predicted molar refractivity (Wildman–Crippen MR) is 189 cm³/mol. The minimum atomic E-state index is -0.973. The van der Waals surface area contributed by atoms with Crippen molar-refractivity contribution in [3.63, 3.8) is 0 Å². The van der Waals surface area contributed by atoms with Gasteiger partial charge in [0.15, 0.2) is 0 Å². The molecule has 14 nitrogen and oxygen atoms in total. The van der Waals surface area contributed by atoms with Crippen LogP contribution in [0.5, 0.6) is 0 Å². The number of hydrogen-bond acceptors (Lipinski definition) is 10. The van der Waals surface area contributed by atoms with Crippen molar-refractivity contribution in [2.45, 2.75) is 63.3 Å². The highest BCUT2D eigenvalue weighted by Crippen LogP contribution is 2.64. The fraction of sp³-hybridized carbons (Fsp3) is 0.730. The van der Waals surface area contributed by atoms with E-state index in [0.717, 1.165) is 19.3 Å². The van der Waals surface area contributed by atoms with Crippen molar-refractivity contribution in [3.8, 4) is 37.0 Å². The van der Waals surface area contributed by atoms with Gasteiger partial charge in [-0.2, -0.15) is 0 Å². The summed E-state index contributed by atoms with van der Waals surface area (Å²) < 4.78 is 31.9. The lowest BCUT2D eigenvalue weighted by molar-refractivity contribution is -0.167. The number of carbonyl (C=O) groups excluding carboxylic acids is 4. The molecule has 0 atom stereocenters. The summed E-state index contributed by atoms with van der Waals surface area (Å²) in [5, 5.41) is 11.8. The van der Waals surface area contributed by atoms with Gasteiger partial charge in [-0.3, -0.25) is 19.2 Å². The molecule has 0 spiro atoms. The van der Waals surface area contributed by atoms with Gasteiger partial charge in [0.2, 0.25) is 23.6 Å². The molecule has 3 aliphatic carbocycles. The Morgan fingerprint density at radius 2 is 0.882 bits per heavy atom. The molecule has 3 aliphatic rings. The zero-order valence-electron chi connectivity index (χ0n) is 29.9. The molecular weight excluding hydrogens is 660 g/mol. The number of nitrogens with one attached hydrogen (secondary N) is 4. The number of ether oxygens (including phenoxy) is 6. The van der Waals surface area contributed by atoms with Crippen LogP contribution in [-0.2, 0) is 47.6 Å². The molecule has 0 aromatic rings. The van der Waals surface area contributed by atoms with Crippen LogP contribution in [0.15, 0.2) is 0 Å². The van der Waals surface area contributed by atoms with Crippen molar-refractivity contribution in [2.24, 2.45) is 11.3 Å². The number of terminal acetylenes is 3. The molecule has 284 valence electrons. The predicted octanol–water partition coefficient (Wildman–Crippen LogP) is 0.330. The van der Waals surface area contributed by atoms with E-state index in [4.69, 9.17) is 47.7 Å². The fourth-order valence-electron chi connectivity index (χ4n) is 5.86. The third-order valence-corrected chi connectivity index (χ3v) is 8.77. The molecule has 0 unspecified atom stereocenters. The van der Waals surface area contributed by atoms with Crippen molar-refractivity contribution in [1.29, 1.82) is 0 Å². The van der Waals surface area contributed by atoms with E-state index in [1.165, 1.54) is 0 Å². The third kappa shape index (κ3) is 18.4. The van der Waals surface area contributed by atoms with Crippen LogP contribution < -0.4 is 21.3 Å². The van der Waals surface area contributed by atoms with Gasteiger partial charge in [0, 0.05) is 49.9 Å². The molecule has 0 aromatic heterocycles. The van der Waals surface area contributed by atoms with Crippen LogP contribution >= 0.6 is 0 Å². The zero-order valence-corrected chi connectivity index (χ0v) is 29.9. The Morgan fingerprint density at radius 3 is 1.18 bits per heavy atom. The summed E-state index contributed by atoms with van der Waals surface area (Å²) in [6, 6.07) is 0. The van der Waals surface area contributed by atoms with Crippen LogP contribution in [0.25, 0.3) is 0 Å². The molecule has 0 saturated heterocycles. The van der Waals surface area contributed by atoms with Crippen molar-refractivity contribution in [2.75, 3.05) is 98.9 Å². The standard InChI is InChI=1S/C37H56N4O10/c1-4-16-46-22-25-49-19-13-38-32(42)7-10-37(41-35(45)36-28-31(29-36)30-36,11-8-33(43)39-14-20-50-26-23-47-17-5-2)12-9-34(44)40-15-21-51-27-24-48-18-6-3/h1-3,31H,7-30H2,(H,38,42)(H,39,43)(H,40,44)(H,41,45). The Balaban J connectivity index is 1.96. The molecular formula is C37H56N4O10. The molecule has 0 aromatic carbocycles. The first-order chi connectivity index (χ1) is 24.8. The molecule has 4 N–H and O–H groups in total. The normalized spacial score (nSPS) is 17.1. The largest absolute Gasteiger partial charge is 0.377 e. The number of carbonyl (C=O) groups is 4. The van der Waals surface area contributed by atoms with E-state index in [9.17, 15) is 19.2 Å². The van der Waals surface area contributed by atoms with E-state index in [1.807, 2.05) is 0 Å². The molecule has 3 saturated carbocycles. The van der Waals surface area contributed by atoms with E-state index in [1.54, 1.807) is 0 Å². The van der Waals surface area contributed by atoms with E-state index in [-0.39, 0.29) is 82.0 Å². The van der Waals surface area contributed by atoms with E-state index in [2.05, 4.69) is 39.0 Å². The molecule has 2 bridgehead atoms. The van der Waals surface area contributed by atoms with Crippen molar-refractivity contribution >= 4 is 23.6 Å². The second kappa shape index (κ2) is 26.1. The summed E-state index contributed by atoms with van der Waals surface area (Å²) in [6.45, 7) is 4.48. The first-order valence-electron chi connectivity index (χ1n) is 17.7. The summed E-state index contributed by atoms with van der Waals surface area (Å²) in [7, 11) is 0. The number of amides is 4. The zero-order chi connectivity index (χ0) is 37.0. The molecule has 14 heteroatoms. The summed E-state index contributed by atoms with van der Waals surface area (Å²) in [4.78, 5) is 52.4. The van der Waals surface area contributed by atoms with Crippen LogP contribution in [-0.4, -0.2) is 128 Å². The highest BCUT2D eigenvalue weighted by molar-refractivity contribution is 5.87. The van der Waals surface area contributed by atoms with Gasteiger partial charge < -0.3 is 49.7 Å². The monoisotopic (exact) mass is 716 g/mol. The average Bonchev–Trinajstić information content (AvgIpc) is 3.07. The van der Waals surface area contributed by atoms with E-state index in [0.29, 0.717) is 85.0 Å². The lowest BCUT2D eigenvalue weighted by Gasteiger charge is -2.61. The molecule has 0 aliphatic heterocycles.